The van der Waals surface area contributed by atoms with E-state index >= 15 is 0 Å². The number of ether oxygens (including phenoxy) is 1. The van der Waals surface area contributed by atoms with Crippen molar-refractivity contribution < 1.29 is 28.8 Å². The Morgan fingerprint density at radius 2 is 1.82 bits per heavy atom. The first-order valence-electron chi connectivity index (χ1n) is 11.2. The van der Waals surface area contributed by atoms with Gasteiger partial charge in [0, 0.05) is 42.6 Å². The summed E-state index contributed by atoms with van der Waals surface area (Å²) in [5, 5.41) is 30.1. The summed E-state index contributed by atoms with van der Waals surface area (Å²) >= 11 is 6.12. The molecule has 3 N–H and O–H groups in total. The van der Waals surface area contributed by atoms with Crippen LogP contribution in [0.3, 0.4) is 0 Å². The lowest BCUT2D eigenvalue weighted by atomic mass is 10.1. The van der Waals surface area contributed by atoms with E-state index < -0.39 is 50.8 Å². The van der Waals surface area contributed by atoms with Gasteiger partial charge in [-0.25, -0.2) is 18.8 Å². The summed E-state index contributed by atoms with van der Waals surface area (Å²) in [6, 6.07) is 1.53. The molecule has 39 heavy (non-hydrogen) atoms. The minimum absolute atomic E-state index is 0.0522. The van der Waals surface area contributed by atoms with Crippen molar-refractivity contribution in [1.82, 2.24) is 19.1 Å². The highest BCUT2D eigenvalue weighted by molar-refractivity contribution is 6.31. The second-order valence-corrected chi connectivity index (χ2v) is 9.01. The van der Waals surface area contributed by atoms with Gasteiger partial charge in [-0.1, -0.05) is 17.7 Å². The highest BCUT2D eigenvalue weighted by Crippen LogP contribution is 2.29. The number of halogens is 3. The molecule has 0 aliphatic heterocycles. The summed E-state index contributed by atoms with van der Waals surface area (Å²) in [5.74, 6) is -6.33. The fourth-order valence-electron chi connectivity index (χ4n) is 3.30. The van der Waals surface area contributed by atoms with Gasteiger partial charge >= 0.3 is 5.97 Å². The van der Waals surface area contributed by atoms with Gasteiger partial charge in [0.15, 0.2) is 17.3 Å². The van der Waals surface area contributed by atoms with Gasteiger partial charge in [0.1, 0.15) is 28.0 Å². The number of pyridine rings is 2. The average Bonchev–Trinajstić information content (AvgIpc) is 2.83. The zero-order valence-corrected chi connectivity index (χ0v) is 21.9. The van der Waals surface area contributed by atoms with Gasteiger partial charge in [0.2, 0.25) is 0 Å². The lowest BCUT2D eigenvalue weighted by molar-refractivity contribution is -0.308. The van der Waals surface area contributed by atoms with Crippen LogP contribution < -0.4 is 15.9 Å². The number of allylic oxidation sites excluding steroid dienone is 2. The molecule has 0 radical (unpaired) electrons. The van der Waals surface area contributed by atoms with E-state index in [1.54, 1.807) is 13.0 Å². The number of aliphatic hydroxyl groups is 3. The van der Waals surface area contributed by atoms with Crippen LogP contribution in [-0.4, -0.2) is 40.3 Å². The van der Waals surface area contributed by atoms with Crippen LogP contribution in [0.1, 0.15) is 37.9 Å². The third-order valence-electron chi connectivity index (χ3n) is 5.11. The van der Waals surface area contributed by atoms with E-state index in [-0.39, 0.29) is 17.2 Å². The van der Waals surface area contributed by atoms with Crippen molar-refractivity contribution >= 4 is 23.6 Å². The minimum Gasteiger partial charge on any atom is -0.433 e. The summed E-state index contributed by atoms with van der Waals surface area (Å²) in [6.45, 7) is 5.96. The lowest BCUT2D eigenvalue weighted by Gasteiger charge is -2.23. The SMILES string of the molecule is C/C=C/N=C(/C=C/n1c(C)cc(OC(O)(O)c2ncc(F)cc2F)c(Cl)c1=O)n1ccnc(C(C)(C)O)c1=O. The second kappa shape index (κ2) is 11.4. The third kappa shape index (κ3) is 6.52. The van der Waals surface area contributed by atoms with Crippen molar-refractivity contribution in [2.24, 2.45) is 4.99 Å². The Bertz CT molecular complexity index is 1610. The fraction of sp³-hybridized carbons (Fsp3) is 0.240. The van der Waals surface area contributed by atoms with Crippen LogP contribution in [0.2, 0.25) is 5.02 Å². The Hall–Kier alpha value is -4.04. The van der Waals surface area contributed by atoms with Crippen LogP contribution in [0.15, 0.2) is 63.7 Å². The van der Waals surface area contributed by atoms with Crippen molar-refractivity contribution in [1.29, 1.82) is 0 Å². The number of aromatic nitrogens is 4. The Morgan fingerprint density at radius 3 is 2.44 bits per heavy atom. The molecule has 0 amide bonds. The smallest absolute Gasteiger partial charge is 0.372 e. The molecule has 11 nitrogen and oxygen atoms in total. The quantitative estimate of drug-likeness (QED) is 0.225. The molecule has 3 aromatic rings. The number of aliphatic imine (C=N–C) groups is 1. The molecule has 0 unspecified atom stereocenters. The molecular formula is C25H24ClF2N5O6. The van der Waals surface area contributed by atoms with Gasteiger partial charge in [0.05, 0.1) is 6.20 Å². The molecule has 0 spiro atoms. The average molecular weight is 564 g/mol. The summed E-state index contributed by atoms with van der Waals surface area (Å²) in [7, 11) is 0. The van der Waals surface area contributed by atoms with Gasteiger partial charge in [0.25, 0.3) is 11.1 Å². The van der Waals surface area contributed by atoms with E-state index in [1.807, 2.05) is 0 Å². The Balaban J connectivity index is 2.04. The first kappa shape index (κ1) is 29.5. The van der Waals surface area contributed by atoms with E-state index in [0.717, 1.165) is 15.2 Å². The summed E-state index contributed by atoms with van der Waals surface area (Å²) in [6.07, 6.45) is 8.76. The predicted molar refractivity (Wildman–Crippen MR) is 138 cm³/mol. The fourth-order valence-corrected chi connectivity index (χ4v) is 3.48. The number of hydrogen-bond acceptors (Lipinski definition) is 9. The molecule has 0 fully saturated rings. The van der Waals surface area contributed by atoms with Gasteiger partial charge in [-0.3, -0.25) is 23.7 Å². The second-order valence-electron chi connectivity index (χ2n) is 8.63. The van der Waals surface area contributed by atoms with Gasteiger partial charge in [-0.2, -0.15) is 0 Å². The van der Waals surface area contributed by atoms with Crippen LogP contribution in [0.4, 0.5) is 8.78 Å². The number of hydrogen-bond donors (Lipinski definition) is 3. The highest BCUT2D eigenvalue weighted by atomic mass is 35.5. The van der Waals surface area contributed by atoms with Crippen LogP contribution in [-0.2, 0) is 11.6 Å². The Labute approximate surface area is 225 Å². The normalized spacial score (nSPS) is 13.0. The van der Waals surface area contributed by atoms with Gasteiger partial charge in [-0.15, -0.1) is 0 Å². The first-order chi connectivity index (χ1) is 18.2. The topological polar surface area (TPSA) is 152 Å². The van der Waals surface area contributed by atoms with Crippen LogP contribution in [0.5, 0.6) is 5.75 Å². The number of nitrogens with zero attached hydrogens (tertiary/aromatic N) is 5. The summed E-state index contributed by atoms with van der Waals surface area (Å²) in [4.78, 5) is 37.4. The van der Waals surface area contributed by atoms with Crippen molar-refractivity contribution in [2.45, 2.75) is 39.3 Å². The molecule has 0 saturated heterocycles. The van der Waals surface area contributed by atoms with E-state index in [4.69, 9.17) is 16.3 Å². The highest BCUT2D eigenvalue weighted by Gasteiger charge is 2.36. The van der Waals surface area contributed by atoms with Crippen molar-refractivity contribution in [3.8, 4) is 5.75 Å². The molecule has 0 bridgehead atoms. The Kier molecular flexibility index (Phi) is 8.61. The lowest BCUT2D eigenvalue weighted by Crippen LogP contribution is -2.36. The number of rotatable bonds is 7. The minimum atomic E-state index is -3.39. The first-order valence-corrected chi connectivity index (χ1v) is 11.6. The van der Waals surface area contributed by atoms with E-state index in [1.165, 1.54) is 51.6 Å². The molecule has 3 rings (SSSR count). The molecular weight excluding hydrogens is 540 g/mol. The summed E-state index contributed by atoms with van der Waals surface area (Å²) in [5.41, 5.74) is -4.08. The zero-order chi connectivity index (χ0) is 29.1. The number of aryl methyl sites for hydroxylation is 1. The van der Waals surface area contributed by atoms with E-state index in [9.17, 15) is 33.7 Å². The van der Waals surface area contributed by atoms with Crippen molar-refractivity contribution in [3.05, 3.63) is 104 Å². The van der Waals surface area contributed by atoms with Crippen molar-refractivity contribution in [2.75, 3.05) is 0 Å². The molecule has 0 aromatic carbocycles. The molecule has 0 aliphatic rings. The van der Waals surface area contributed by atoms with Crippen LogP contribution >= 0.6 is 11.6 Å². The van der Waals surface area contributed by atoms with E-state index in [2.05, 4.69) is 15.0 Å². The predicted octanol–water partition coefficient (Wildman–Crippen LogP) is 2.39. The van der Waals surface area contributed by atoms with Gasteiger partial charge in [-0.05, 0) is 33.8 Å². The third-order valence-corrected chi connectivity index (χ3v) is 5.45. The molecule has 14 heteroatoms. The Morgan fingerprint density at radius 1 is 1.13 bits per heavy atom. The largest absolute Gasteiger partial charge is 0.433 e. The molecule has 0 aliphatic carbocycles. The monoisotopic (exact) mass is 563 g/mol. The summed E-state index contributed by atoms with van der Waals surface area (Å²) < 4.78 is 34.3. The molecule has 3 heterocycles. The molecule has 0 atom stereocenters. The molecule has 3 aromatic heterocycles. The van der Waals surface area contributed by atoms with Crippen LogP contribution in [0, 0.1) is 18.6 Å². The van der Waals surface area contributed by atoms with Crippen molar-refractivity contribution in [3.63, 3.8) is 0 Å². The van der Waals surface area contributed by atoms with Crippen LogP contribution in [0.25, 0.3) is 6.20 Å². The maximum absolute atomic E-state index is 14.0. The maximum Gasteiger partial charge on any atom is 0.372 e. The molecule has 206 valence electrons. The van der Waals surface area contributed by atoms with E-state index in [0.29, 0.717) is 12.3 Å². The molecule has 0 saturated carbocycles. The van der Waals surface area contributed by atoms with Gasteiger partial charge < -0.3 is 20.1 Å². The standard InChI is InChI=1S/C25H24ClF2N5O6/c1-5-7-29-18(33-10-8-30-21(23(33)35)24(3,4)36)6-9-32-14(2)11-17(19(26)22(32)34)39-25(37,38)20-16(28)12-15(27)13-31-20/h5-13,36-38H,1-4H3/b7-5+,9-6+,29-18-. The zero-order valence-electron chi connectivity index (χ0n) is 21.1. The maximum atomic E-state index is 14.0.